The molecule has 1 heterocycles. The number of nitrogens with one attached hydrogen (secondary N) is 2. The van der Waals surface area contributed by atoms with Crippen molar-refractivity contribution in [2.45, 2.75) is 45.1 Å². The van der Waals surface area contributed by atoms with E-state index in [1.807, 2.05) is 6.07 Å². The maximum atomic E-state index is 10.8. The number of aldehydes is 1. The second kappa shape index (κ2) is 5.45. The number of carbonyl (C=O) groups is 1. The fourth-order valence-corrected chi connectivity index (χ4v) is 3.29. The van der Waals surface area contributed by atoms with E-state index < -0.39 is 0 Å². The maximum absolute atomic E-state index is 10.8. The van der Waals surface area contributed by atoms with Crippen LogP contribution in [0.4, 0.5) is 5.00 Å². The van der Waals surface area contributed by atoms with Crippen LogP contribution in [0.2, 0.25) is 0 Å². The van der Waals surface area contributed by atoms with E-state index in [1.165, 1.54) is 43.4 Å². The van der Waals surface area contributed by atoms with Crippen LogP contribution in [0.5, 0.6) is 0 Å². The van der Waals surface area contributed by atoms with Gasteiger partial charge in [0, 0.05) is 17.3 Å². The van der Waals surface area contributed by atoms with Crippen LogP contribution in [-0.4, -0.2) is 18.0 Å². The summed E-state index contributed by atoms with van der Waals surface area (Å²) in [6.45, 7) is 1.77. The average Bonchev–Trinajstić information content (AvgIpc) is 2.74. The van der Waals surface area contributed by atoms with Gasteiger partial charge in [0.25, 0.3) is 0 Å². The topological polar surface area (TPSA) is 53.0 Å². The first-order chi connectivity index (χ1) is 8.20. The summed E-state index contributed by atoms with van der Waals surface area (Å²) in [4.78, 5) is 11.5. The van der Waals surface area contributed by atoms with Gasteiger partial charge < -0.3 is 10.7 Å². The normalized spacial score (nSPS) is 16.8. The maximum Gasteiger partial charge on any atom is 0.160 e. The summed E-state index contributed by atoms with van der Waals surface area (Å²) in [5.41, 5.74) is 1.40. The molecule has 0 aliphatic heterocycles. The first-order valence-electron chi connectivity index (χ1n) is 6.12. The molecule has 0 spiro atoms. The van der Waals surface area contributed by atoms with E-state index in [9.17, 15) is 4.79 Å². The molecule has 3 nitrogen and oxygen atoms in total. The standard InChI is InChI=1S/C13H18N2OS/c1-9(14)12-7-11(8-16)17-13(12)15-10-5-3-2-4-6-10/h7-8,10,14-15H,2-6H2,1H3. The van der Waals surface area contributed by atoms with Crippen molar-refractivity contribution < 1.29 is 4.79 Å². The molecule has 92 valence electrons. The third-order valence-electron chi connectivity index (χ3n) is 3.21. The summed E-state index contributed by atoms with van der Waals surface area (Å²) in [6, 6.07) is 2.32. The molecule has 1 saturated carbocycles. The summed E-state index contributed by atoms with van der Waals surface area (Å²) in [5, 5.41) is 12.2. The highest BCUT2D eigenvalue weighted by molar-refractivity contribution is 7.18. The summed E-state index contributed by atoms with van der Waals surface area (Å²) < 4.78 is 0. The first kappa shape index (κ1) is 12.3. The molecule has 0 amide bonds. The molecule has 1 aromatic rings. The summed E-state index contributed by atoms with van der Waals surface area (Å²) in [7, 11) is 0. The molecule has 4 heteroatoms. The summed E-state index contributed by atoms with van der Waals surface area (Å²) in [6.07, 6.45) is 7.16. The quantitative estimate of drug-likeness (QED) is 0.632. The van der Waals surface area contributed by atoms with E-state index in [-0.39, 0.29) is 0 Å². The third kappa shape index (κ3) is 2.94. The highest BCUT2D eigenvalue weighted by Gasteiger charge is 2.17. The number of rotatable bonds is 4. The highest BCUT2D eigenvalue weighted by atomic mass is 32.1. The van der Waals surface area contributed by atoms with Crippen LogP contribution < -0.4 is 5.32 Å². The number of thiophene rings is 1. The zero-order chi connectivity index (χ0) is 12.3. The molecule has 0 radical (unpaired) electrons. The molecule has 0 bridgehead atoms. The van der Waals surface area contributed by atoms with Gasteiger partial charge in [-0.05, 0) is 25.8 Å². The van der Waals surface area contributed by atoms with Crippen molar-refractivity contribution in [3.63, 3.8) is 0 Å². The second-order valence-corrected chi connectivity index (χ2v) is 5.70. The molecule has 1 aromatic heterocycles. The van der Waals surface area contributed by atoms with Crippen LogP contribution in [0.1, 0.15) is 54.3 Å². The molecule has 1 aliphatic carbocycles. The van der Waals surface area contributed by atoms with Crippen LogP contribution in [0.3, 0.4) is 0 Å². The molecule has 0 aromatic carbocycles. The lowest BCUT2D eigenvalue weighted by molar-refractivity contribution is 0.112. The Morgan fingerprint density at radius 2 is 2.18 bits per heavy atom. The second-order valence-electron chi connectivity index (χ2n) is 4.61. The lowest BCUT2D eigenvalue weighted by Gasteiger charge is -2.23. The zero-order valence-electron chi connectivity index (χ0n) is 10.1. The van der Waals surface area contributed by atoms with E-state index in [0.29, 0.717) is 16.6 Å². The number of carbonyl (C=O) groups excluding carboxylic acids is 1. The largest absolute Gasteiger partial charge is 0.374 e. The molecule has 2 rings (SSSR count). The lowest BCUT2D eigenvalue weighted by atomic mass is 9.95. The molecule has 17 heavy (non-hydrogen) atoms. The number of hydrogen-bond donors (Lipinski definition) is 2. The van der Waals surface area contributed by atoms with Crippen molar-refractivity contribution in [1.29, 1.82) is 5.41 Å². The predicted molar refractivity (Wildman–Crippen MR) is 72.7 cm³/mol. The molecule has 0 saturated heterocycles. The third-order valence-corrected chi connectivity index (χ3v) is 4.20. The fourth-order valence-electron chi connectivity index (χ4n) is 2.29. The molecular weight excluding hydrogens is 232 g/mol. The number of hydrogen-bond acceptors (Lipinski definition) is 4. The Morgan fingerprint density at radius 3 is 2.76 bits per heavy atom. The van der Waals surface area contributed by atoms with Gasteiger partial charge in [-0.3, -0.25) is 4.79 Å². The average molecular weight is 250 g/mol. The van der Waals surface area contributed by atoms with Gasteiger partial charge in [0.1, 0.15) is 0 Å². The van der Waals surface area contributed by atoms with Crippen LogP contribution in [0.25, 0.3) is 0 Å². The molecule has 0 unspecified atom stereocenters. The molecule has 1 aliphatic rings. The van der Waals surface area contributed by atoms with Crippen LogP contribution >= 0.6 is 11.3 Å². The van der Waals surface area contributed by atoms with E-state index in [0.717, 1.165) is 16.9 Å². The monoisotopic (exact) mass is 250 g/mol. The Morgan fingerprint density at radius 1 is 1.47 bits per heavy atom. The van der Waals surface area contributed by atoms with Crippen molar-refractivity contribution in [2.75, 3.05) is 5.32 Å². The van der Waals surface area contributed by atoms with Gasteiger partial charge >= 0.3 is 0 Å². The fraction of sp³-hybridized carbons (Fsp3) is 0.538. The zero-order valence-corrected chi connectivity index (χ0v) is 10.9. The minimum Gasteiger partial charge on any atom is -0.374 e. The van der Waals surface area contributed by atoms with Gasteiger partial charge in [0.05, 0.1) is 9.88 Å². The van der Waals surface area contributed by atoms with Gasteiger partial charge in [-0.25, -0.2) is 0 Å². The van der Waals surface area contributed by atoms with E-state index in [4.69, 9.17) is 5.41 Å². The van der Waals surface area contributed by atoms with E-state index in [1.54, 1.807) is 6.92 Å². The molecular formula is C13H18N2OS. The first-order valence-corrected chi connectivity index (χ1v) is 6.93. The van der Waals surface area contributed by atoms with Crippen LogP contribution in [-0.2, 0) is 0 Å². The molecule has 0 atom stereocenters. The van der Waals surface area contributed by atoms with E-state index in [2.05, 4.69) is 5.32 Å². The minimum absolute atomic E-state index is 0.514. The Balaban J connectivity index is 2.15. The predicted octanol–water partition coefficient (Wildman–Crippen LogP) is 3.69. The van der Waals surface area contributed by atoms with Crippen molar-refractivity contribution >= 4 is 28.3 Å². The smallest absolute Gasteiger partial charge is 0.160 e. The highest BCUT2D eigenvalue weighted by Crippen LogP contribution is 2.30. The SMILES string of the molecule is CC(=N)c1cc(C=O)sc1NC1CCCCC1. The Labute approximate surface area is 106 Å². The van der Waals surface area contributed by atoms with Gasteiger partial charge in [0.15, 0.2) is 6.29 Å². The molecule has 2 N–H and O–H groups in total. The van der Waals surface area contributed by atoms with Gasteiger partial charge in [-0.15, -0.1) is 11.3 Å². The summed E-state index contributed by atoms with van der Waals surface area (Å²) >= 11 is 1.46. The Bertz CT molecular complexity index is 419. The van der Waals surface area contributed by atoms with E-state index >= 15 is 0 Å². The number of anilines is 1. The van der Waals surface area contributed by atoms with Crippen LogP contribution in [0, 0.1) is 5.41 Å². The van der Waals surface area contributed by atoms with Gasteiger partial charge in [-0.1, -0.05) is 19.3 Å². The van der Waals surface area contributed by atoms with Crippen molar-refractivity contribution in [3.05, 3.63) is 16.5 Å². The van der Waals surface area contributed by atoms with Crippen molar-refractivity contribution in [2.24, 2.45) is 0 Å². The van der Waals surface area contributed by atoms with Crippen molar-refractivity contribution in [3.8, 4) is 0 Å². The molecule has 1 fully saturated rings. The van der Waals surface area contributed by atoms with Gasteiger partial charge in [-0.2, -0.15) is 0 Å². The minimum atomic E-state index is 0.514. The van der Waals surface area contributed by atoms with Crippen molar-refractivity contribution in [1.82, 2.24) is 0 Å². The summed E-state index contributed by atoms with van der Waals surface area (Å²) in [5.74, 6) is 0. The van der Waals surface area contributed by atoms with Gasteiger partial charge in [0.2, 0.25) is 0 Å². The Hall–Kier alpha value is -1.16. The Kier molecular flexibility index (Phi) is 3.94. The lowest BCUT2D eigenvalue weighted by Crippen LogP contribution is -2.22. The van der Waals surface area contributed by atoms with Crippen LogP contribution in [0.15, 0.2) is 6.07 Å².